The first kappa shape index (κ1) is 11.2. The summed E-state index contributed by atoms with van der Waals surface area (Å²) >= 11 is 0. The lowest BCUT2D eigenvalue weighted by atomic mass is 10.0. The number of nitrogens with two attached hydrogens (primary N) is 1. The maximum absolute atomic E-state index is 10.5. The molecule has 0 radical (unpaired) electrons. The van der Waals surface area contributed by atoms with Gasteiger partial charge in [-0.25, -0.2) is 4.79 Å². The molecule has 1 rings (SSSR count). The van der Waals surface area contributed by atoms with Crippen LogP contribution in [-0.2, 0) is 4.79 Å². The Balaban J connectivity index is 2.88. The molecule has 0 unspecified atom stereocenters. The second-order valence-electron chi connectivity index (χ2n) is 3.04. The van der Waals surface area contributed by atoms with Gasteiger partial charge in [-0.2, -0.15) is 5.26 Å². The van der Waals surface area contributed by atoms with E-state index in [-0.39, 0.29) is 0 Å². The first-order valence-corrected chi connectivity index (χ1v) is 4.22. The molecule has 0 aliphatic carbocycles. The van der Waals surface area contributed by atoms with Crippen LogP contribution in [0.15, 0.2) is 24.3 Å². The van der Waals surface area contributed by atoms with E-state index < -0.39 is 18.1 Å². The summed E-state index contributed by atoms with van der Waals surface area (Å²) in [6, 6.07) is 7.02. The van der Waals surface area contributed by atoms with E-state index in [4.69, 9.17) is 16.1 Å². The van der Waals surface area contributed by atoms with Gasteiger partial charge in [0.25, 0.3) is 0 Å². The Bertz CT molecular complexity index is 394. The van der Waals surface area contributed by atoms with Crippen molar-refractivity contribution < 1.29 is 15.0 Å². The summed E-state index contributed by atoms with van der Waals surface area (Å²) in [5.41, 5.74) is 6.45. The van der Waals surface area contributed by atoms with Crippen molar-refractivity contribution in [2.45, 2.75) is 12.1 Å². The molecular weight excluding hydrogens is 196 g/mol. The van der Waals surface area contributed by atoms with Crippen LogP contribution < -0.4 is 5.73 Å². The Morgan fingerprint density at radius 2 is 1.93 bits per heavy atom. The van der Waals surface area contributed by atoms with Gasteiger partial charge in [0.05, 0.1) is 17.7 Å². The third-order valence-electron chi connectivity index (χ3n) is 2.02. The summed E-state index contributed by atoms with van der Waals surface area (Å²) in [6.07, 6.45) is -1.64. The van der Waals surface area contributed by atoms with Gasteiger partial charge in [0.1, 0.15) is 0 Å². The minimum absolute atomic E-state index is 0.454. The lowest BCUT2D eigenvalue weighted by Crippen LogP contribution is -2.33. The predicted octanol–water partition coefficient (Wildman–Crippen LogP) is 0.00358. The van der Waals surface area contributed by atoms with E-state index in [1.807, 2.05) is 6.07 Å². The van der Waals surface area contributed by atoms with Crippen molar-refractivity contribution in [1.82, 2.24) is 0 Å². The highest BCUT2D eigenvalue weighted by molar-refractivity contribution is 5.73. The summed E-state index contributed by atoms with van der Waals surface area (Å²) in [5.74, 6) is -1.37. The number of carboxylic acids is 1. The van der Waals surface area contributed by atoms with E-state index in [2.05, 4.69) is 0 Å². The zero-order valence-electron chi connectivity index (χ0n) is 7.79. The lowest BCUT2D eigenvalue weighted by Gasteiger charge is -2.15. The van der Waals surface area contributed by atoms with E-state index in [0.29, 0.717) is 11.1 Å². The number of rotatable bonds is 3. The molecular formula is C10H10N2O3. The van der Waals surface area contributed by atoms with E-state index >= 15 is 0 Å². The molecule has 0 spiro atoms. The van der Waals surface area contributed by atoms with Gasteiger partial charge < -0.3 is 15.9 Å². The SMILES string of the molecule is N#Cc1ccc([C@H](N)[C@H](O)C(=O)O)cc1. The Hall–Kier alpha value is -1.90. The first-order valence-electron chi connectivity index (χ1n) is 4.22. The highest BCUT2D eigenvalue weighted by Crippen LogP contribution is 2.15. The van der Waals surface area contributed by atoms with Crippen molar-refractivity contribution >= 4 is 5.97 Å². The number of aliphatic hydroxyl groups excluding tert-OH is 1. The quantitative estimate of drug-likeness (QED) is 0.645. The Morgan fingerprint density at radius 1 is 1.40 bits per heavy atom. The van der Waals surface area contributed by atoms with Gasteiger partial charge in [-0.3, -0.25) is 0 Å². The van der Waals surface area contributed by atoms with E-state index in [1.165, 1.54) is 24.3 Å². The normalized spacial score (nSPS) is 13.9. The number of carbonyl (C=O) groups is 1. The third-order valence-corrected chi connectivity index (χ3v) is 2.02. The first-order chi connectivity index (χ1) is 7.06. The number of hydrogen-bond donors (Lipinski definition) is 3. The summed E-state index contributed by atoms with van der Waals surface area (Å²) in [4.78, 5) is 10.5. The summed E-state index contributed by atoms with van der Waals surface area (Å²) in [6.45, 7) is 0. The van der Waals surface area contributed by atoms with Crippen molar-refractivity contribution in [2.24, 2.45) is 5.73 Å². The van der Waals surface area contributed by atoms with Gasteiger partial charge in [-0.05, 0) is 17.7 Å². The van der Waals surface area contributed by atoms with Crippen molar-refractivity contribution in [2.75, 3.05) is 0 Å². The van der Waals surface area contributed by atoms with E-state index in [9.17, 15) is 9.90 Å². The van der Waals surface area contributed by atoms with Gasteiger partial charge in [-0.1, -0.05) is 12.1 Å². The van der Waals surface area contributed by atoms with Crippen LogP contribution in [0.4, 0.5) is 0 Å². The van der Waals surface area contributed by atoms with Crippen LogP contribution in [0.2, 0.25) is 0 Å². The topological polar surface area (TPSA) is 107 Å². The Morgan fingerprint density at radius 3 is 2.33 bits per heavy atom. The number of nitrogens with zero attached hydrogens (tertiary/aromatic N) is 1. The maximum Gasteiger partial charge on any atom is 0.334 e. The summed E-state index contributed by atoms with van der Waals surface area (Å²) < 4.78 is 0. The molecule has 0 aromatic heterocycles. The van der Waals surface area contributed by atoms with Gasteiger partial charge in [0.15, 0.2) is 6.10 Å². The monoisotopic (exact) mass is 206 g/mol. The van der Waals surface area contributed by atoms with Crippen LogP contribution in [0.3, 0.4) is 0 Å². The highest BCUT2D eigenvalue weighted by Gasteiger charge is 2.23. The van der Waals surface area contributed by atoms with Crippen molar-refractivity contribution in [3.8, 4) is 6.07 Å². The second-order valence-corrected chi connectivity index (χ2v) is 3.04. The molecule has 2 atom stereocenters. The average molecular weight is 206 g/mol. The molecule has 0 aliphatic rings. The molecule has 78 valence electrons. The smallest absolute Gasteiger partial charge is 0.334 e. The molecule has 1 aromatic carbocycles. The van der Waals surface area contributed by atoms with Gasteiger partial charge in [0.2, 0.25) is 0 Å². The number of nitriles is 1. The Labute approximate surface area is 86.4 Å². The summed E-state index contributed by atoms with van der Waals surface area (Å²) in [5, 5.41) is 26.3. The van der Waals surface area contributed by atoms with Crippen molar-refractivity contribution in [3.63, 3.8) is 0 Å². The standard InChI is InChI=1S/C10H10N2O3/c11-5-6-1-3-7(4-2-6)8(12)9(13)10(14)15/h1-4,8-9,13H,12H2,(H,14,15)/t8-,9-/m0/s1. The number of hydrogen-bond acceptors (Lipinski definition) is 4. The van der Waals surface area contributed by atoms with Crippen LogP contribution in [0.25, 0.3) is 0 Å². The molecule has 0 bridgehead atoms. The van der Waals surface area contributed by atoms with Gasteiger partial charge >= 0.3 is 5.97 Å². The molecule has 4 N–H and O–H groups in total. The molecule has 5 heteroatoms. The zero-order valence-corrected chi connectivity index (χ0v) is 7.79. The number of benzene rings is 1. The van der Waals surface area contributed by atoms with Crippen molar-refractivity contribution in [1.29, 1.82) is 5.26 Å². The number of aliphatic carboxylic acids is 1. The van der Waals surface area contributed by atoms with Gasteiger partial charge in [-0.15, -0.1) is 0 Å². The van der Waals surface area contributed by atoms with Crippen LogP contribution in [0, 0.1) is 11.3 Å². The second kappa shape index (κ2) is 4.55. The van der Waals surface area contributed by atoms with Crippen molar-refractivity contribution in [3.05, 3.63) is 35.4 Å². The van der Waals surface area contributed by atoms with E-state index in [0.717, 1.165) is 0 Å². The molecule has 1 aromatic rings. The van der Waals surface area contributed by atoms with E-state index in [1.54, 1.807) is 0 Å². The molecule has 0 saturated carbocycles. The fourth-order valence-corrected chi connectivity index (χ4v) is 1.12. The average Bonchev–Trinajstić information content (AvgIpc) is 2.27. The summed E-state index contributed by atoms with van der Waals surface area (Å²) in [7, 11) is 0. The molecule has 0 saturated heterocycles. The molecule has 5 nitrogen and oxygen atoms in total. The van der Waals surface area contributed by atoms with Crippen LogP contribution in [0.5, 0.6) is 0 Å². The lowest BCUT2D eigenvalue weighted by molar-refractivity contribution is -0.147. The molecule has 0 heterocycles. The van der Waals surface area contributed by atoms with Crippen LogP contribution in [-0.4, -0.2) is 22.3 Å². The maximum atomic E-state index is 10.5. The number of aliphatic hydroxyl groups is 1. The largest absolute Gasteiger partial charge is 0.479 e. The minimum Gasteiger partial charge on any atom is -0.479 e. The predicted molar refractivity (Wildman–Crippen MR) is 51.7 cm³/mol. The fourth-order valence-electron chi connectivity index (χ4n) is 1.12. The minimum atomic E-state index is -1.64. The number of carboxylic acid groups (broad SMARTS) is 1. The molecule has 0 amide bonds. The highest BCUT2D eigenvalue weighted by atomic mass is 16.4. The van der Waals surface area contributed by atoms with Crippen LogP contribution in [0.1, 0.15) is 17.2 Å². The Kier molecular flexibility index (Phi) is 3.39. The fraction of sp³-hybridized carbons (Fsp3) is 0.200. The van der Waals surface area contributed by atoms with Crippen LogP contribution >= 0.6 is 0 Å². The zero-order chi connectivity index (χ0) is 11.4. The van der Waals surface area contributed by atoms with Gasteiger partial charge in [0, 0.05) is 0 Å². The third kappa shape index (κ3) is 2.53. The molecule has 0 aliphatic heterocycles. The molecule has 15 heavy (non-hydrogen) atoms. The molecule has 0 fully saturated rings.